The smallest absolute Gasteiger partial charge is 0.410 e. The number of nitrogens with zero attached hydrogens (tertiary/aromatic N) is 8. The molecule has 1 saturated heterocycles. The summed E-state index contributed by atoms with van der Waals surface area (Å²) in [5, 5.41) is 12.6. The Balaban J connectivity index is 1.51. The van der Waals surface area contributed by atoms with Crippen molar-refractivity contribution in [1.82, 2.24) is 39.6 Å². The van der Waals surface area contributed by atoms with Crippen molar-refractivity contribution in [3.63, 3.8) is 0 Å². The number of likely N-dealkylation sites (tertiary alicyclic amines) is 1. The molecule has 1 aliphatic heterocycles. The van der Waals surface area contributed by atoms with E-state index < -0.39 is 5.60 Å². The highest BCUT2D eigenvalue weighted by molar-refractivity contribution is 5.69. The summed E-state index contributed by atoms with van der Waals surface area (Å²) < 4.78 is 9.03. The number of hydrogen-bond donors (Lipinski definition) is 0. The summed E-state index contributed by atoms with van der Waals surface area (Å²) in [6.07, 6.45) is 7.01. The molecular weight excluding hydrogens is 372 g/mol. The van der Waals surface area contributed by atoms with Crippen molar-refractivity contribution in [3.05, 3.63) is 18.6 Å². The van der Waals surface area contributed by atoms with Crippen LogP contribution in [-0.2, 0) is 18.3 Å². The lowest BCUT2D eigenvalue weighted by atomic mass is 9.98. The van der Waals surface area contributed by atoms with Crippen LogP contribution < -0.4 is 0 Å². The minimum absolute atomic E-state index is 0.255. The van der Waals surface area contributed by atoms with Gasteiger partial charge in [-0.05, 0) is 39.5 Å². The predicted molar refractivity (Wildman–Crippen MR) is 106 cm³/mol. The highest BCUT2D eigenvalue weighted by Gasteiger charge is 2.28. The van der Waals surface area contributed by atoms with Gasteiger partial charge in [-0.2, -0.15) is 5.10 Å². The van der Waals surface area contributed by atoms with Crippen molar-refractivity contribution in [1.29, 1.82) is 0 Å². The molecule has 1 atom stereocenters. The molecule has 4 rings (SSSR count). The normalized spacial score (nSPS) is 17.7. The highest BCUT2D eigenvalue weighted by Crippen LogP contribution is 2.22. The van der Waals surface area contributed by atoms with Crippen LogP contribution in [0, 0.1) is 5.92 Å². The summed E-state index contributed by atoms with van der Waals surface area (Å²) in [4.78, 5) is 23.3. The molecule has 3 aromatic heterocycles. The lowest BCUT2D eigenvalue weighted by Crippen LogP contribution is -2.43. The Labute approximate surface area is 168 Å². The average Bonchev–Trinajstić information content (AvgIpc) is 3.27. The molecule has 1 unspecified atom stereocenters. The number of hydrogen-bond acceptors (Lipinski definition) is 7. The summed E-state index contributed by atoms with van der Waals surface area (Å²) in [7, 11) is 1.86. The van der Waals surface area contributed by atoms with Gasteiger partial charge in [-0.25, -0.2) is 19.4 Å². The summed E-state index contributed by atoms with van der Waals surface area (Å²) >= 11 is 0. The maximum absolute atomic E-state index is 12.4. The summed E-state index contributed by atoms with van der Waals surface area (Å²) in [5.41, 5.74) is 2.28. The monoisotopic (exact) mass is 398 g/mol. The molecule has 0 spiro atoms. The van der Waals surface area contributed by atoms with Crippen LogP contribution in [0.5, 0.6) is 0 Å². The molecule has 0 N–H and O–H groups in total. The Morgan fingerprint density at radius 1 is 1.31 bits per heavy atom. The van der Waals surface area contributed by atoms with Gasteiger partial charge in [0, 0.05) is 38.4 Å². The van der Waals surface area contributed by atoms with E-state index in [9.17, 15) is 4.79 Å². The number of carbonyl (C=O) groups is 1. The van der Waals surface area contributed by atoms with Crippen LogP contribution in [0.4, 0.5) is 4.79 Å². The molecule has 0 aromatic carbocycles. The standard InChI is InChI=1S/C19H26N8O2/c1-19(2,3)29-18(28)26-7-5-6-13(10-26)11-27-17-16(23-24-27)20-9-15(22-17)14-8-21-25(4)12-14/h8-9,12-13H,5-7,10-11H2,1-4H3. The van der Waals surface area contributed by atoms with Crippen LogP contribution in [-0.4, -0.2) is 64.4 Å². The zero-order chi connectivity index (χ0) is 20.6. The number of piperidine rings is 1. The van der Waals surface area contributed by atoms with Gasteiger partial charge in [0.05, 0.1) is 18.1 Å². The van der Waals surface area contributed by atoms with E-state index in [0.717, 1.165) is 24.1 Å². The number of amides is 1. The fourth-order valence-corrected chi connectivity index (χ4v) is 3.52. The van der Waals surface area contributed by atoms with E-state index in [1.807, 2.05) is 34.0 Å². The van der Waals surface area contributed by atoms with Gasteiger partial charge in [0.15, 0.2) is 5.65 Å². The molecular formula is C19H26N8O2. The maximum atomic E-state index is 12.4. The van der Waals surface area contributed by atoms with Crippen molar-refractivity contribution >= 4 is 17.4 Å². The molecule has 0 saturated carbocycles. The second-order valence-electron chi connectivity index (χ2n) is 8.51. The zero-order valence-corrected chi connectivity index (χ0v) is 17.2. The number of fused-ring (bicyclic) bond motifs is 1. The van der Waals surface area contributed by atoms with Gasteiger partial charge in [0.2, 0.25) is 5.65 Å². The average molecular weight is 398 g/mol. The first-order valence-corrected chi connectivity index (χ1v) is 9.82. The van der Waals surface area contributed by atoms with Crippen LogP contribution in [0.2, 0.25) is 0 Å². The van der Waals surface area contributed by atoms with Gasteiger partial charge in [-0.3, -0.25) is 4.68 Å². The third-order valence-corrected chi connectivity index (χ3v) is 4.83. The summed E-state index contributed by atoms with van der Waals surface area (Å²) in [6.45, 7) is 7.62. The van der Waals surface area contributed by atoms with E-state index >= 15 is 0 Å². The number of rotatable bonds is 3. The maximum Gasteiger partial charge on any atom is 0.410 e. The van der Waals surface area contributed by atoms with Crippen molar-refractivity contribution in [2.24, 2.45) is 13.0 Å². The molecule has 4 heterocycles. The quantitative estimate of drug-likeness (QED) is 0.666. The Bertz CT molecular complexity index is 1020. The summed E-state index contributed by atoms with van der Waals surface area (Å²) in [6, 6.07) is 0. The number of aromatic nitrogens is 7. The van der Waals surface area contributed by atoms with Crippen molar-refractivity contribution in [3.8, 4) is 11.3 Å². The molecule has 0 bridgehead atoms. The van der Waals surface area contributed by atoms with E-state index in [2.05, 4.69) is 20.4 Å². The Kier molecular flexibility index (Phi) is 4.93. The molecule has 29 heavy (non-hydrogen) atoms. The Morgan fingerprint density at radius 3 is 2.86 bits per heavy atom. The Hall–Kier alpha value is -3.04. The molecule has 154 valence electrons. The summed E-state index contributed by atoms with van der Waals surface area (Å²) in [5.74, 6) is 0.255. The van der Waals surface area contributed by atoms with Crippen LogP contribution in [0.15, 0.2) is 18.6 Å². The molecule has 1 amide bonds. The second kappa shape index (κ2) is 7.41. The van der Waals surface area contributed by atoms with Crippen LogP contribution >= 0.6 is 0 Å². The minimum Gasteiger partial charge on any atom is -0.444 e. The lowest BCUT2D eigenvalue weighted by molar-refractivity contribution is 0.0155. The van der Waals surface area contributed by atoms with Gasteiger partial charge >= 0.3 is 6.09 Å². The first-order valence-electron chi connectivity index (χ1n) is 9.82. The van der Waals surface area contributed by atoms with Crippen molar-refractivity contribution < 1.29 is 9.53 Å². The van der Waals surface area contributed by atoms with Crippen LogP contribution in [0.1, 0.15) is 33.6 Å². The number of carbonyl (C=O) groups excluding carboxylic acids is 1. The minimum atomic E-state index is -0.496. The first-order chi connectivity index (χ1) is 13.8. The Morgan fingerprint density at radius 2 is 2.14 bits per heavy atom. The van der Waals surface area contributed by atoms with E-state index in [-0.39, 0.29) is 12.0 Å². The van der Waals surface area contributed by atoms with Crippen LogP contribution in [0.3, 0.4) is 0 Å². The SMILES string of the molecule is Cn1cc(-c2cnc3nnn(CC4CCCN(C(=O)OC(C)(C)C)C4)c3n2)cn1. The molecule has 10 nitrogen and oxygen atoms in total. The van der Waals surface area contributed by atoms with Gasteiger partial charge in [-0.1, -0.05) is 5.21 Å². The first kappa shape index (κ1) is 19.3. The third kappa shape index (κ3) is 4.36. The largest absolute Gasteiger partial charge is 0.444 e. The fourth-order valence-electron chi connectivity index (χ4n) is 3.52. The molecule has 1 aliphatic rings. The van der Waals surface area contributed by atoms with E-state index in [1.165, 1.54) is 0 Å². The van der Waals surface area contributed by atoms with Crippen molar-refractivity contribution in [2.75, 3.05) is 13.1 Å². The van der Waals surface area contributed by atoms with Crippen LogP contribution in [0.25, 0.3) is 22.6 Å². The van der Waals surface area contributed by atoms with Gasteiger partial charge in [-0.15, -0.1) is 5.10 Å². The topological polar surface area (TPSA) is 104 Å². The van der Waals surface area contributed by atoms with E-state index in [0.29, 0.717) is 30.9 Å². The van der Waals surface area contributed by atoms with Gasteiger partial charge in [0.1, 0.15) is 5.60 Å². The lowest BCUT2D eigenvalue weighted by Gasteiger charge is -2.34. The fraction of sp³-hybridized carbons (Fsp3) is 0.579. The van der Waals surface area contributed by atoms with Gasteiger partial charge in [0.25, 0.3) is 0 Å². The molecule has 1 fully saturated rings. The molecule has 10 heteroatoms. The highest BCUT2D eigenvalue weighted by atomic mass is 16.6. The van der Waals surface area contributed by atoms with Gasteiger partial charge < -0.3 is 9.64 Å². The molecule has 0 aliphatic carbocycles. The zero-order valence-electron chi connectivity index (χ0n) is 17.2. The molecule has 0 radical (unpaired) electrons. The number of aryl methyl sites for hydroxylation is 1. The van der Waals surface area contributed by atoms with Crippen molar-refractivity contribution in [2.45, 2.75) is 45.8 Å². The molecule has 3 aromatic rings. The second-order valence-corrected chi connectivity index (χ2v) is 8.51. The third-order valence-electron chi connectivity index (χ3n) is 4.83. The van der Waals surface area contributed by atoms with E-state index in [4.69, 9.17) is 9.72 Å². The predicted octanol–water partition coefficient (Wildman–Crippen LogP) is 2.27. The number of ether oxygens (including phenoxy) is 1. The van der Waals surface area contributed by atoms with E-state index in [1.54, 1.807) is 26.7 Å².